The molecule has 0 radical (unpaired) electrons. The minimum atomic E-state index is -4.21. The predicted octanol–water partition coefficient (Wildman–Crippen LogP) is 2.88. The second-order valence-corrected chi connectivity index (χ2v) is 3.64. The lowest BCUT2D eigenvalue weighted by Crippen LogP contribution is -2.20. The maximum Gasteiger partial charge on any atom is 0.408 e. The van der Waals surface area contributed by atoms with Crippen molar-refractivity contribution in [1.29, 1.82) is 0 Å². The maximum atomic E-state index is 12.1. The van der Waals surface area contributed by atoms with E-state index >= 15 is 0 Å². The summed E-state index contributed by atoms with van der Waals surface area (Å²) in [5, 5.41) is 3.81. The molecule has 0 atom stereocenters. The largest absolute Gasteiger partial charge is 0.408 e. The first-order chi connectivity index (χ1) is 6.29. The Kier molecular flexibility index (Phi) is 2.87. The summed E-state index contributed by atoms with van der Waals surface area (Å²) in [5.74, 6) is 0.0542. The van der Waals surface area contributed by atoms with E-state index in [0.29, 0.717) is 11.4 Å². The van der Waals surface area contributed by atoms with Gasteiger partial charge in [0.05, 0.1) is 5.69 Å². The third kappa shape index (κ3) is 2.75. The first kappa shape index (κ1) is 11.1. The zero-order valence-corrected chi connectivity index (χ0v) is 8.39. The average molecular weight is 206 g/mol. The van der Waals surface area contributed by atoms with Crippen LogP contribution in [0, 0.1) is 6.92 Å². The summed E-state index contributed by atoms with van der Waals surface area (Å²) in [7, 11) is 0. The van der Waals surface area contributed by atoms with Gasteiger partial charge >= 0.3 is 6.18 Å². The van der Waals surface area contributed by atoms with E-state index in [1.165, 1.54) is 0 Å². The Balaban J connectivity index is 2.96. The third-order valence-electron chi connectivity index (χ3n) is 1.85. The normalized spacial score (nSPS) is 12.5. The van der Waals surface area contributed by atoms with E-state index in [9.17, 15) is 13.2 Å². The van der Waals surface area contributed by atoms with Crippen molar-refractivity contribution in [3.05, 3.63) is 17.5 Å². The molecule has 1 aromatic heterocycles. The standard InChI is InChI=1S/C9H13F3N2/c1-6(2)8-4-7(3)13-14(8)5-9(10,11)12/h4,6H,5H2,1-3H3. The monoisotopic (exact) mass is 206 g/mol. The van der Waals surface area contributed by atoms with Crippen molar-refractivity contribution in [3.63, 3.8) is 0 Å². The van der Waals surface area contributed by atoms with Crippen molar-refractivity contribution in [1.82, 2.24) is 9.78 Å². The van der Waals surface area contributed by atoms with E-state index in [0.717, 1.165) is 4.68 Å². The van der Waals surface area contributed by atoms with Crippen LogP contribution in [0.15, 0.2) is 6.07 Å². The van der Waals surface area contributed by atoms with Crippen molar-refractivity contribution in [2.75, 3.05) is 0 Å². The molecule has 1 rings (SSSR count). The Labute approximate surface area is 80.7 Å². The Morgan fingerprint density at radius 2 is 2.00 bits per heavy atom. The Morgan fingerprint density at radius 3 is 2.43 bits per heavy atom. The summed E-state index contributed by atoms with van der Waals surface area (Å²) in [6.07, 6.45) is -4.21. The number of alkyl halides is 3. The fraction of sp³-hybridized carbons (Fsp3) is 0.667. The van der Waals surface area contributed by atoms with Gasteiger partial charge in [-0.15, -0.1) is 0 Å². The number of aryl methyl sites for hydroxylation is 1. The van der Waals surface area contributed by atoms with Crippen molar-refractivity contribution < 1.29 is 13.2 Å². The van der Waals surface area contributed by atoms with Gasteiger partial charge in [0.15, 0.2) is 0 Å². The molecule has 0 aliphatic heterocycles. The van der Waals surface area contributed by atoms with Crippen molar-refractivity contribution >= 4 is 0 Å². The molecule has 1 aromatic rings. The van der Waals surface area contributed by atoms with Gasteiger partial charge in [-0.05, 0) is 18.9 Å². The van der Waals surface area contributed by atoms with Gasteiger partial charge in [-0.1, -0.05) is 13.8 Å². The van der Waals surface area contributed by atoms with Crippen LogP contribution in [0.3, 0.4) is 0 Å². The van der Waals surface area contributed by atoms with Crippen LogP contribution in [0.2, 0.25) is 0 Å². The van der Waals surface area contributed by atoms with Gasteiger partial charge < -0.3 is 0 Å². The minimum Gasteiger partial charge on any atom is -0.260 e. The van der Waals surface area contributed by atoms with E-state index in [-0.39, 0.29) is 5.92 Å². The van der Waals surface area contributed by atoms with Crippen LogP contribution in [-0.2, 0) is 6.54 Å². The third-order valence-corrected chi connectivity index (χ3v) is 1.85. The molecule has 0 fully saturated rings. The number of hydrogen-bond donors (Lipinski definition) is 0. The molecular weight excluding hydrogens is 193 g/mol. The summed E-state index contributed by atoms with van der Waals surface area (Å²) in [4.78, 5) is 0. The van der Waals surface area contributed by atoms with Crippen LogP contribution in [0.1, 0.15) is 31.2 Å². The zero-order valence-electron chi connectivity index (χ0n) is 8.39. The lowest BCUT2D eigenvalue weighted by Gasteiger charge is -2.11. The molecule has 0 aromatic carbocycles. The molecule has 0 bridgehead atoms. The van der Waals surface area contributed by atoms with Crippen LogP contribution in [0.5, 0.6) is 0 Å². The van der Waals surface area contributed by atoms with Gasteiger partial charge in [0.2, 0.25) is 0 Å². The van der Waals surface area contributed by atoms with Crippen molar-refractivity contribution in [3.8, 4) is 0 Å². The molecule has 0 saturated heterocycles. The zero-order chi connectivity index (χ0) is 10.9. The quantitative estimate of drug-likeness (QED) is 0.727. The van der Waals surface area contributed by atoms with Gasteiger partial charge in [-0.3, -0.25) is 4.68 Å². The lowest BCUT2D eigenvalue weighted by molar-refractivity contribution is -0.143. The molecule has 80 valence electrons. The summed E-state index contributed by atoms with van der Waals surface area (Å²) in [6, 6.07) is 1.69. The van der Waals surface area contributed by atoms with Crippen molar-refractivity contribution in [2.24, 2.45) is 0 Å². The molecule has 2 nitrogen and oxygen atoms in total. The molecule has 0 unspecified atom stereocenters. The summed E-state index contributed by atoms with van der Waals surface area (Å²) < 4.78 is 37.4. The number of aromatic nitrogens is 2. The Bertz CT molecular complexity index is 312. The molecule has 5 heteroatoms. The van der Waals surface area contributed by atoms with Gasteiger partial charge in [0, 0.05) is 5.69 Å². The Morgan fingerprint density at radius 1 is 1.43 bits per heavy atom. The van der Waals surface area contributed by atoms with Crippen LogP contribution < -0.4 is 0 Å². The first-order valence-electron chi connectivity index (χ1n) is 4.40. The highest BCUT2D eigenvalue weighted by atomic mass is 19.4. The second-order valence-electron chi connectivity index (χ2n) is 3.64. The summed E-state index contributed by atoms with van der Waals surface area (Å²) in [5.41, 5.74) is 1.25. The topological polar surface area (TPSA) is 17.8 Å². The van der Waals surface area contributed by atoms with E-state index in [1.54, 1.807) is 13.0 Å². The highest BCUT2D eigenvalue weighted by molar-refractivity contribution is 5.12. The van der Waals surface area contributed by atoms with Gasteiger partial charge in [0.1, 0.15) is 6.54 Å². The average Bonchev–Trinajstić information content (AvgIpc) is 2.27. The van der Waals surface area contributed by atoms with Crippen LogP contribution in [-0.4, -0.2) is 16.0 Å². The number of hydrogen-bond acceptors (Lipinski definition) is 1. The highest BCUT2D eigenvalue weighted by Crippen LogP contribution is 2.22. The van der Waals surface area contributed by atoms with E-state index in [4.69, 9.17) is 0 Å². The van der Waals surface area contributed by atoms with Crippen molar-refractivity contribution in [2.45, 2.75) is 39.4 Å². The second kappa shape index (κ2) is 3.63. The smallest absolute Gasteiger partial charge is 0.260 e. The van der Waals surface area contributed by atoms with E-state index in [1.807, 2.05) is 13.8 Å². The van der Waals surface area contributed by atoms with Crippen LogP contribution >= 0.6 is 0 Å². The SMILES string of the molecule is Cc1cc(C(C)C)n(CC(F)(F)F)n1. The summed E-state index contributed by atoms with van der Waals surface area (Å²) in [6.45, 7) is 4.39. The molecule has 0 N–H and O–H groups in total. The van der Waals surface area contributed by atoms with E-state index in [2.05, 4.69) is 5.10 Å². The maximum absolute atomic E-state index is 12.1. The first-order valence-corrected chi connectivity index (χ1v) is 4.40. The number of rotatable bonds is 2. The molecule has 0 spiro atoms. The van der Waals surface area contributed by atoms with Gasteiger partial charge in [-0.25, -0.2) is 0 Å². The van der Waals surface area contributed by atoms with Gasteiger partial charge in [-0.2, -0.15) is 18.3 Å². The Hall–Kier alpha value is -1.00. The molecule has 0 saturated carbocycles. The molecule has 0 aliphatic rings. The molecule has 14 heavy (non-hydrogen) atoms. The number of halogens is 3. The van der Waals surface area contributed by atoms with Crippen LogP contribution in [0.4, 0.5) is 13.2 Å². The molecule has 0 aliphatic carbocycles. The van der Waals surface area contributed by atoms with Gasteiger partial charge in [0.25, 0.3) is 0 Å². The van der Waals surface area contributed by atoms with E-state index < -0.39 is 12.7 Å². The van der Waals surface area contributed by atoms with Crippen LogP contribution in [0.25, 0.3) is 0 Å². The highest BCUT2D eigenvalue weighted by Gasteiger charge is 2.29. The summed E-state index contributed by atoms with van der Waals surface area (Å²) >= 11 is 0. The molecular formula is C9H13F3N2. The number of nitrogens with zero attached hydrogens (tertiary/aromatic N) is 2. The lowest BCUT2D eigenvalue weighted by atomic mass is 10.1. The fourth-order valence-electron chi connectivity index (χ4n) is 1.33. The minimum absolute atomic E-state index is 0.0542. The molecule has 0 amide bonds. The fourth-order valence-corrected chi connectivity index (χ4v) is 1.33. The predicted molar refractivity (Wildman–Crippen MR) is 47.1 cm³/mol. The molecule has 1 heterocycles.